The second kappa shape index (κ2) is 9.29. The highest BCUT2D eigenvalue weighted by Gasteiger charge is 2.65. The molecule has 9 heteroatoms. The molecule has 0 saturated carbocycles. The van der Waals surface area contributed by atoms with Gasteiger partial charge in [0, 0.05) is 5.69 Å². The second-order valence-electron chi connectivity index (χ2n) is 9.08. The van der Waals surface area contributed by atoms with Crippen LogP contribution in [0.3, 0.4) is 0 Å². The molecule has 1 unspecified atom stereocenters. The van der Waals surface area contributed by atoms with Crippen molar-refractivity contribution in [3.05, 3.63) is 124 Å². The summed E-state index contributed by atoms with van der Waals surface area (Å²) in [6, 6.07) is 25.9. The number of ether oxygens (including phenoxy) is 2. The van der Waals surface area contributed by atoms with Gasteiger partial charge < -0.3 is 19.6 Å². The molecule has 0 fully saturated rings. The van der Waals surface area contributed by atoms with Crippen LogP contribution in [0.15, 0.2) is 111 Å². The number of hydrogen-bond acceptors (Lipinski definition) is 8. The highest BCUT2D eigenvalue weighted by molar-refractivity contribution is 6.28. The molecule has 1 spiro atoms. The van der Waals surface area contributed by atoms with E-state index in [0.717, 1.165) is 0 Å². The number of benzene rings is 3. The first-order valence-corrected chi connectivity index (χ1v) is 12.5. The number of nitrogens with zero attached hydrogens (tertiary/aromatic N) is 2. The number of nitrogens with two attached hydrogens (primary N) is 1. The Balaban J connectivity index is 1.85. The summed E-state index contributed by atoms with van der Waals surface area (Å²) in [6.07, 6.45) is 0. The minimum Gasteiger partial charge on any atom is -0.463 e. The van der Waals surface area contributed by atoms with Gasteiger partial charge in [0.2, 0.25) is 5.88 Å². The van der Waals surface area contributed by atoms with Crippen molar-refractivity contribution in [3.8, 4) is 11.8 Å². The van der Waals surface area contributed by atoms with E-state index in [2.05, 4.69) is 0 Å². The van der Waals surface area contributed by atoms with Crippen molar-refractivity contribution >= 4 is 34.2 Å². The molecule has 6 rings (SSSR count). The van der Waals surface area contributed by atoms with Crippen LogP contribution in [-0.2, 0) is 19.7 Å². The maximum Gasteiger partial charge on any atom is 0.345 e. The normalized spacial score (nSPS) is 18.1. The van der Waals surface area contributed by atoms with Crippen molar-refractivity contribution in [1.29, 1.82) is 5.26 Å². The zero-order chi connectivity index (χ0) is 28.0. The summed E-state index contributed by atoms with van der Waals surface area (Å²) < 4.78 is 17.0. The largest absolute Gasteiger partial charge is 0.463 e. The predicted molar refractivity (Wildman–Crippen MR) is 146 cm³/mol. The first kappa shape index (κ1) is 24.7. The quantitative estimate of drug-likeness (QED) is 0.307. The fourth-order valence-corrected chi connectivity index (χ4v) is 5.44. The number of para-hydroxylation sites is 2. The number of carbonyl (C=O) groups is 2. The molecule has 9 nitrogen and oxygen atoms in total. The predicted octanol–water partition coefficient (Wildman–Crippen LogP) is 4.14. The smallest absolute Gasteiger partial charge is 0.345 e. The number of anilines is 1. The Bertz CT molecular complexity index is 1870. The molecule has 0 radical (unpaired) electrons. The molecule has 1 amide bonds. The number of rotatable bonds is 4. The van der Waals surface area contributed by atoms with Gasteiger partial charge in [-0.3, -0.25) is 9.69 Å². The van der Waals surface area contributed by atoms with Crippen molar-refractivity contribution < 1.29 is 23.5 Å². The van der Waals surface area contributed by atoms with Gasteiger partial charge in [-0.1, -0.05) is 60.7 Å². The molecule has 2 aliphatic rings. The first-order chi connectivity index (χ1) is 19.4. The van der Waals surface area contributed by atoms with Crippen molar-refractivity contribution in [2.24, 2.45) is 5.73 Å². The summed E-state index contributed by atoms with van der Waals surface area (Å²) in [5.41, 5.74) is 3.30. The molecule has 1 atom stereocenters. The standard InChI is InChI=1S/C31H21N3O6/c1-2-38-28(35)23-25(18-11-5-3-6-12-18)34(19-13-7-4-8-14-19)30(37)31(23)21(17-32)27(33)40-26-20-15-9-10-16-22(20)39-29(36)24(26)31/h3-16H,2,33H2,1H3. The summed E-state index contributed by atoms with van der Waals surface area (Å²) in [5, 5.41) is 10.8. The number of nitriles is 1. The Kier molecular flexibility index (Phi) is 5.74. The third kappa shape index (κ3) is 3.29. The van der Waals surface area contributed by atoms with Crippen molar-refractivity contribution in [2.45, 2.75) is 12.3 Å². The van der Waals surface area contributed by atoms with Gasteiger partial charge in [-0.05, 0) is 36.8 Å². The van der Waals surface area contributed by atoms with Crippen LogP contribution in [0.5, 0.6) is 5.75 Å². The molecule has 196 valence electrons. The van der Waals surface area contributed by atoms with Gasteiger partial charge in [-0.25, -0.2) is 9.59 Å². The fraction of sp³-hybridized carbons (Fsp3) is 0.0968. The molecular weight excluding hydrogens is 510 g/mol. The van der Waals surface area contributed by atoms with Crippen molar-refractivity contribution in [3.63, 3.8) is 0 Å². The monoisotopic (exact) mass is 531 g/mol. The Morgan fingerprint density at radius 3 is 2.33 bits per heavy atom. The van der Waals surface area contributed by atoms with E-state index in [1.807, 2.05) is 6.07 Å². The Labute approximate surface area is 227 Å². The summed E-state index contributed by atoms with van der Waals surface area (Å²) in [7, 11) is 0. The Morgan fingerprint density at radius 1 is 1.00 bits per heavy atom. The van der Waals surface area contributed by atoms with E-state index in [-0.39, 0.29) is 34.8 Å². The molecular formula is C31H21N3O6. The second-order valence-corrected chi connectivity index (χ2v) is 9.08. The van der Waals surface area contributed by atoms with Crippen LogP contribution in [0.1, 0.15) is 18.1 Å². The van der Waals surface area contributed by atoms with E-state index in [4.69, 9.17) is 19.6 Å². The molecule has 2 N–H and O–H groups in total. The highest BCUT2D eigenvalue weighted by Crippen LogP contribution is 2.56. The zero-order valence-corrected chi connectivity index (χ0v) is 21.2. The molecule has 0 saturated heterocycles. The summed E-state index contributed by atoms with van der Waals surface area (Å²) in [4.78, 5) is 44.0. The van der Waals surface area contributed by atoms with E-state index in [1.165, 1.54) is 4.90 Å². The molecule has 40 heavy (non-hydrogen) atoms. The Morgan fingerprint density at radius 2 is 1.65 bits per heavy atom. The zero-order valence-electron chi connectivity index (χ0n) is 21.2. The van der Waals surface area contributed by atoms with E-state index in [0.29, 0.717) is 16.6 Å². The minimum atomic E-state index is -2.32. The number of carbonyl (C=O) groups excluding carboxylic acids is 2. The minimum absolute atomic E-state index is 0.0310. The average molecular weight is 532 g/mol. The van der Waals surface area contributed by atoms with Crippen LogP contribution in [0, 0.1) is 11.3 Å². The third-order valence-electron chi connectivity index (χ3n) is 6.99. The van der Waals surface area contributed by atoms with Gasteiger partial charge in [-0.15, -0.1) is 0 Å². The fourth-order valence-electron chi connectivity index (χ4n) is 5.44. The van der Waals surface area contributed by atoms with Crippen LogP contribution in [0.2, 0.25) is 0 Å². The molecule has 4 aromatic rings. The number of fused-ring (bicyclic) bond motifs is 4. The molecule has 0 bridgehead atoms. The lowest BCUT2D eigenvalue weighted by Gasteiger charge is -2.34. The van der Waals surface area contributed by atoms with Gasteiger partial charge >= 0.3 is 11.6 Å². The van der Waals surface area contributed by atoms with Crippen LogP contribution in [0.4, 0.5) is 5.69 Å². The maximum absolute atomic E-state index is 15.0. The van der Waals surface area contributed by atoms with Crippen LogP contribution in [0.25, 0.3) is 16.7 Å². The summed E-state index contributed by atoms with van der Waals surface area (Å²) >= 11 is 0. The SMILES string of the molecule is CCOC(=O)C1=C(c2ccccc2)N(c2ccccc2)C(=O)C12C(C#N)=C(N)Oc1c2c(=O)oc2ccccc12. The van der Waals surface area contributed by atoms with E-state index in [1.54, 1.807) is 91.9 Å². The first-order valence-electron chi connectivity index (χ1n) is 12.5. The highest BCUT2D eigenvalue weighted by atomic mass is 16.5. The topological polar surface area (TPSA) is 136 Å². The van der Waals surface area contributed by atoms with Crippen LogP contribution >= 0.6 is 0 Å². The van der Waals surface area contributed by atoms with E-state index >= 15 is 0 Å². The van der Waals surface area contributed by atoms with Gasteiger partial charge in [0.15, 0.2) is 11.2 Å². The van der Waals surface area contributed by atoms with Gasteiger partial charge in [-0.2, -0.15) is 5.26 Å². The van der Waals surface area contributed by atoms with Crippen molar-refractivity contribution in [2.75, 3.05) is 11.5 Å². The molecule has 3 aromatic carbocycles. The van der Waals surface area contributed by atoms with Crippen LogP contribution in [-0.4, -0.2) is 18.5 Å². The lowest BCUT2D eigenvalue weighted by atomic mass is 9.68. The Hall–Kier alpha value is -5.62. The van der Waals surface area contributed by atoms with Crippen LogP contribution < -0.4 is 21.0 Å². The third-order valence-corrected chi connectivity index (χ3v) is 6.99. The molecule has 0 aliphatic carbocycles. The summed E-state index contributed by atoms with van der Waals surface area (Å²) in [6.45, 7) is 1.59. The molecule has 3 heterocycles. The molecule has 2 aliphatic heterocycles. The summed E-state index contributed by atoms with van der Waals surface area (Å²) in [5.74, 6) is -2.15. The number of hydrogen-bond donors (Lipinski definition) is 1. The lowest BCUT2D eigenvalue weighted by molar-refractivity contribution is -0.140. The number of amides is 1. The van der Waals surface area contributed by atoms with E-state index < -0.39 is 34.4 Å². The van der Waals surface area contributed by atoms with Gasteiger partial charge in [0.25, 0.3) is 5.91 Å². The van der Waals surface area contributed by atoms with Gasteiger partial charge in [0.1, 0.15) is 22.8 Å². The van der Waals surface area contributed by atoms with Gasteiger partial charge in [0.05, 0.1) is 23.3 Å². The molecule has 1 aromatic heterocycles. The number of esters is 1. The van der Waals surface area contributed by atoms with Crippen molar-refractivity contribution in [1.82, 2.24) is 0 Å². The lowest BCUT2D eigenvalue weighted by Crippen LogP contribution is -2.49. The maximum atomic E-state index is 15.0. The van der Waals surface area contributed by atoms with E-state index in [9.17, 15) is 19.6 Å². The average Bonchev–Trinajstić information content (AvgIpc) is 3.23.